The Balaban J connectivity index is 2.30. The number of hydrogen-bond acceptors (Lipinski definition) is 5. The average Bonchev–Trinajstić information content (AvgIpc) is 2.89. The second kappa shape index (κ2) is 6.54. The van der Waals surface area contributed by atoms with Crippen molar-refractivity contribution in [2.45, 2.75) is 25.8 Å². The predicted octanol–water partition coefficient (Wildman–Crippen LogP) is 2.13. The van der Waals surface area contributed by atoms with Crippen molar-refractivity contribution in [3.63, 3.8) is 0 Å². The summed E-state index contributed by atoms with van der Waals surface area (Å²) in [7, 11) is 3.01. The monoisotopic (exact) mass is 345 g/mol. The first-order valence-corrected chi connectivity index (χ1v) is 8.06. The van der Waals surface area contributed by atoms with Crippen molar-refractivity contribution in [1.82, 2.24) is 9.47 Å². The van der Waals surface area contributed by atoms with E-state index in [2.05, 4.69) is 0 Å². The Morgan fingerprint density at radius 2 is 2.12 bits per heavy atom. The summed E-state index contributed by atoms with van der Waals surface area (Å²) < 4.78 is 6.37. The minimum absolute atomic E-state index is 0.0339. The molecule has 0 saturated carbocycles. The van der Waals surface area contributed by atoms with Crippen LogP contribution in [0.1, 0.15) is 28.9 Å². The molecule has 1 aromatic heterocycles. The maximum atomic E-state index is 12.9. The Labute approximate surface area is 144 Å². The van der Waals surface area contributed by atoms with Crippen LogP contribution >= 0.6 is 0 Å². The van der Waals surface area contributed by atoms with Crippen molar-refractivity contribution >= 4 is 28.5 Å². The van der Waals surface area contributed by atoms with Crippen LogP contribution in [0.25, 0.3) is 10.9 Å². The SMILES string of the molecule is COC(=O)Cn1c2c(c3cc([N+](=O)[O-])ccc31)CCCCN(C)C2=O. The Bertz CT molecular complexity index is 871. The molecule has 0 fully saturated rings. The predicted molar refractivity (Wildman–Crippen MR) is 90.5 cm³/mol. The van der Waals surface area contributed by atoms with Gasteiger partial charge in [0.05, 0.1) is 12.0 Å². The van der Waals surface area contributed by atoms with Crippen LogP contribution in [0.4, 0.5) is 5.69 Å². The van der Waals surface area contributed by atoms with Gasteiger partial charge in [0.25, 0.3) is 11.6 Å². The zero-order valence-corrected chi connectivity index (χ0v) is 14.2. The van der Waals surface area contributed by atoms with Gasteiger partial charge in [-0.2, -0.15) is 0 Å². The van der Waals surface area contributed by atoms with Gasteiger partial charge in [-0.1, -0.05) is 0 Å². The van der Waals surface area contributed by atoms with Gasteiger partial charge >= 0.3 is 5.97 Å². The number of aromatic nitrogens is 1. The minimum atomic E-state index is -0.476. The van der Waals surface area contributed by atoms with E-state index in [9.17, 15) is 19.7 Å². The Morgan fingerprint density at radius 1 is 1.36 bits per heavy atom. The van der Waals surface area contributed by atoms with E-state index < -0.39 is 10.9 Å². The van der Waals surface area contributed by atoms with Gasteiger partial charge in [-0.15, -0.1) is 0 Å². The number of nitro groups is 1. The highest BCUT2D eigenvalue weighted by atomic mass is 16.6. The zero-order valence-electron chi connectivity index (χ0n) is 14.2. The highest BCUT2D eigenvalue weighted by Gasteiger charge is 2.28. The summed E-state index contributed by atoms with van der Waals surface area (Å²) >= 11 is 0. The second-order valence-electron chi connectivity index (χ2n) is 6.13. The number of carbonyl (C=O) groups is 2. The molecule has 0 radical (unpaired) electrons. The van der Waals surface area contributed by atoms with E-state index in [0.717, 1.165) is 18.4 Å². The first kappa shape index (κ1) is 16.9. The molecule has 2 aromatic rings. The molecule has 0 aliphatic carbocycles. The summed E-state index contributed by atoms with van der Waals surface area (Å²) in [5, 5.41) is 11.8. The lowest BCUT2D eigenvalue weighted by molar-refractivity contribution is -0.384. The summed E-state index contributed by atoms with van der Waals surface area (Å²) in [6, 6.07) is 4.46. The standard InChI is InChI=1S/C17H19N3O5/c1-18-8-4-3-5-12-13-9-11(20(23)24)6-7-14(13)19(10-15(21)25-2)16(12)17(18)22/h6-7,9H,3-5,8,10H2,1-2H3. The summed E-state index contributed by atoms with van der Waals surface area (Å²) in [5.74, 6) is -0.659. The first-order valence-electron chi connectivity index (χ1n) is 8.06. The van der Waals surface area contributed by atoms with Crippen LogP contribution < -0.4 is 0 Å². The summed E-state index contributed by atoms with van der Waals surface area (Å²) in [5.41, 5.74) is 1.78. The maximum absolute atomic E-state index is 12.9. The molecule has 8 nitrogen and oxygen atoms in total. The zero-order chi connectivity index (χ0) is 18.1. The molecule has 8 heteroatoms. The topological polar surface area (TPSA) is 94.7 Å². The van der Waals surface area contributed by atoms with Crippen molar-refractivity contribution in [3.05, 3.63) is 39.6 Å². The van der Waals surface area contributed by atoms with Gasteiger partial charge in [0.1, 0.15) is 12.2 Å². The molecule has 0 atom stereocenters. The number of hydrogen-bond donors (Lipinski definition) is 0. The van der Waals surface area contributed by atoms with Gasteiger partial charge < -0.3 is 14.2 Å². The van der Waals surface area contributed by atoms with E-state index in [1.165, 1.54) is 19.2 Å². The number of rotatable bonds is 3. The number of fused-ring (bicyclic) bond motifs is 3. The van der Waals surface area contributed by atoms with Gasteiger partial charge in [0.2, 0.25) is 0 Å². The van der Waals surface area contributed by atoms with E-state index in [4.69, 9.17) is 4.74 Å². The second-order valence-corrected chi connectivity index (χ2v) is 6.13. The third-order valence-electron chi connectivity index (χ3n) is 4.60. The van der Waals surface area contributed by atoms with Crippen LogP contribution in [0.15, 0.2) is 18.2 Å². The summed E-state index contributed by atoms with van der Waals surface area (Å²) in [6.07, 6.45) is 2.37. The largest absolute Gasteiger partial charge is 0.468 e. The molecule has 0 saturated heterocycles. The Kier molecular flexibility index (Phi) is 4.43. The van der Waals surface area contributed by atoms with Gasteiger partial charge in [-0.25, -0.2) is 0 Å². The lowest BCUT2D eigenvalue weighted by atomic mass is 10.0. The van der Waals surface area contributed by atoms with Crippen molar-refractivity contribution in [2.24, 2.45) is 0 Å². The summed E-state index contributed by atoms with van der Waals surface area (Å²) in [4.78, 5) is 37.0. The van der Waals surface area contributed by atoms with Gasteiger partial charge in [-0.3, -0.25) is 19.7 Å². The molecule has 3 rings (SSSR count). The number of methoxy groups -OCH3 is 1. The molecule has 0 unspecified atom stereocenters. The van der Waals surface area contributed by atoms with Gasteiger partial charge in [0.15, 0.2) is 0 Å². The minimum Gasteiger partial charge on any atom is -0.468 e. The quantitative estimate of drug-likeness (QED) is 0.482. The molecule has 132 valence electrons. The molecule has 0 N–H and O–H groups in total. The van der Waals surface area contributed by atoms with Crippen LogP contribution in [0.2, 0.25) is 0 Å². The van der Waals surface area contributed by atoms with E-state index in [1.807, 2.05) is 0 Å². The fourth-order valence-electron chi connectivity index (χ4n) is 3.31. The van der Waals surface area contributed by atoms with E-state index >= 15 is 0 Å². The van der Waals surface area contributed by atoms with Crippen LogP contribution in [0.5, 0.6) is 0 Å². The number of esters is 1. The molecule has 2 heterocycles. The fourth-order valence-corrected chi connectivity index (χ4v) is 3.31. The molecule has 0 bridgehead atoms. The number of benzene rings is 1. The van der Waals surface area contributed by atoms with Gasteiger partial charge in [0, 0.05) is 36.6 Å². The van der Waals surface area contributed by atoms with E-state index in [-0.39, 0.29) is 18.1 Å². The number of nitrogens with zero attached hydrogens (tertiary/aromatic N) is 3. The highest BCUT2D eigenvalue weighted by Crippen LogP contribution is 2.32. The lowest BCUT2D eigenvalue weighted by Crippen LogP contribution is -2.32. The molecule has 1 aromatic carbocycles. The number of nitro benzene ring substituents is 1. The molecule has 25 heavy (non-hydrogen) atoms. The highest BCUT2D eigenvalue weighted by molar-refractivity contribution is 6.03. The molecule has 0 spiro atoms. The molecular formula is C17H19N3O5. The van der Waals surface area contributed by atoms with Crippen LogP contribution in [-0.2, 0) is 22.5 Å². The van der Waals surface area contributed by atoms with Crippen LogP contribution in [0.3, 0.4) is 0 Å². The Hall–Kier alpha value is -2.90. The molecule has 1 amide bonds. The number of aryl methyl sites for hydroxylation is 1. The molecular weight excluding hydrogens is 326 g/mol. The van der Waals surface area contributed by atoms with Crippen molar-refractivity contribution < 1.29 is 19.2 Å². The van der Waals surface area contributed by atoms with Gasteiger partial charge in [-0.05, 0) is 30.9 Å². The van der Waals surface area contributed by atoms with Crippen molar-refractivity contribution in [2.75, 3.05) is 20.7 Å². The Morgan fingerprint density at radius 3 is 2.80 bits per heavy atom. The number of amides is 1. The average molecular weight is 345 g/mol. The lowest BCUT2D eigenvalue weighted by Gasteiger charge is -2.22. The number of non-ortho nitro benzene ring substituents is 1. The molecule has 1 aliphatic heterocycles. The maximum Gasteiger partial charge on any atom is 0.325 e. The van der Waals surface area contributed by atoms with E-state index in [1.54, 1.807) is 22.6 Å². The first-order chi connectivity index (χ1) is 11.9. The summed E-state index contributed by atoms with van der Waals surface area (Å²) in [6.45, 7) is 0.526. The third-order valence-corrected chi connectivity index (χ3v) is 4.60. The van der Waals surface area contributed by atoms with Crippen LogP contribution in [0, 0.1) is 10.1 Å². The number of ether oxygens (including phenoxy) is 1. The van der Waals surface area contributed by atoms with Crippen LogP contribution in [-0.4, -0.2) is 47.0 Å². The van der Waals surface area contributed by atoms with Crippen molar-refractivity contribution in [3.8, 4) is 0 Å². The normalized spacial score (nSPS) is 14.8. The van der Waals surface area contributed by atoms with E-state index in [0.29, 0.717) is 29.6 Å². The third kappa shape index (κ3) is 2.95. The van der Waals surface area contributed by atoms with Crippen molar-refractivity contribution in [1.29, 1.82) is 0 Å². The smallest absolute Gasteiger partial charge is 0.325 e. The molecule has 1 aliphatic rings. The fraction of sp³-hybridized carbons (Fsp3) is 0.412. The number of carbonyl (C=O) groups excluding carboxylic acids is 2.